The quantitative estimate of drug-likeness (QED) is 0.472. The number of benzene rings is 2. The van der Waals surface area contributed by atoms with E-state index in [9.17, 15) is 0 Å². The van der Waals surface area contributed by atoms with Gasteiger partial charge in [0, 0.05) is 45.7 Å². The fraction of sp³-hybridized carbons (Fsp3) is 0.269. The highest BCUT2D eigenvalue weighted by Crippen LogP contribution is 2.30. The van der Waals surface area contributed by atoms with Crippen molar-refractivity contribution in [2.24, 2.45) is 0 Å². The van der Waals surface area contributed by atoms with Crippen LogP contribution in [-0.4, -0.2) is 36.1 Å². The van der Waals surface area contributed by atoms with Crippen molar-refractivity contribution < 1.29 is 9.80 Å². The summed E-state index contributed by atoms with van der Waals surface area (Å²) in [6, 6.07) is 24.2. The molecule has 0 amide bonds. The lowest BCUT2D eigenvalue weighted by Crippen LogP contribution is -3.27. The summed E-state index contributed by atoms with van der Waals surface area (Å²) in [6.07, 6.45) is 3.93. The van der Waals surface area contributed by atoms with E-state index in [0.29, 0.717) is 6.04 Å². The molecule has 1 fully saturated rings. The van der Waals surface area contributed by atoms with E-state index in [1.165, 1.54) is 59.5 Å². The third kappa shape index (κ3) is 3.76. The highest BCUT2D eigenvalue weighted by molar-refractivity contribution is 5.85. The van der Waals surface area contributed by atoms with Gasteiger partial charge in [0.15, 0.2) is 0 Å². The first kappa shape index (κ1) is 19.0. The minimum atomic E-state index is 0.313. The highest BCUT2D eigenvalue weighted by atomic mass is 15.3. The van der Waals surface area contributed by atoms with E-state index in [2.05, 4.69) is 89.8 Å². The molecule has 0 aliphatic carbocycles. The summed E-state index contributed by atoms with van der Waals surface area (Å²) in [4.78, 5) is 11.4. The number of fused-ring (bicyclic) bond motifs is 1. The number of quaternary nitrogens is 2. The Morgan fingerprint density at radius 2 is 1.67 bits per heavy atom. The normalized spacial score (nSPS) is 20.3. The third-order valence-corrected chi connectivity index (χ3v) is 6.55. The number of hydrogen-bond donors (Lipinski definition) is 3. The van der Waals surface area contributed by atoms with Crippen LogP contribution in [0.4, 0.5) is 0 Å². The molecular formula is C26H30N4+2. The molecule has 0 spiro atoms. The lowest BCUT2D eigenvalue weighted by Gasteiger charge is -2.35. The van der Waals surface area contributed by atoms with E-state index < -0.39 is 0 Å². The van der Waals surface area contributed by atoms with Gasteiger partial charge in [-0.2, -0.15) is 0 Å². The molecule has 1 atom stereocenters. The van der Waals surface area contributed by atoms with E-state index in [4.69, 9.17) is 0 Å². The van der Waals surface area contributed by atoms with Crippen LogP contribution in [0, 0.1) is 6.92 Å². The monoisotopic (exact) mass is 398 g/mol. The molecule has 3 heterocycles. The van der Waals surface area contributed by atoms with Gasteiger partial charge in [-0.1, -0.05) is 48.5 Å². The smallest absolute Gasteiger partial charge is 0.143 e. The molecule has 0 bridgehead atoms. The molecule has 0 radical (unpaired) electrons. The topological polar surface area (TPSA) is 37.6 Å². The Labute approximate surface area is 178 Å². The zero-order chi connectivity index (χ0) is 20.3. The van der Waals surface area contributed by atoms with Crippen molar-refractivity contribution in [2.45, 2.75) is 19.5 Å². The van der Waals surface area contributed by atoms with Crippen molar-refractivity contribution in [2.75, 3.05) is 26.2 Å². The molecule has 5 rings (SSSR count). The number of nitrogens with one attached hydrogen (secondary N) is 3. The van der Waals surface area contributed by atoms with Gasteiger partial charge in [-0.25, -0.2) is 0 Å². The SMILES string of the molecule is Cc1[nH]c2ccccc2c1[C@@H](c1cccnc1)[NH+]1CC[NH+](Cc2ccccc2)CC1. The van der Waals surface area contributed by atoms with Crippen LogP contribution >= 0.6 is 0 Å². The van der Waals surface area contributed by atoms with Crippen molar-refractivity contribution in [1.29, 1.82) is 0 Å². The predicted molar refractivity (Wildman–Crippen MR) is 121 cm³/mol. The van der Waals surface area contributed by atoms with Gasteiger partial charge in [-0.05, 0) is 25.1 Å². The Morgan fingerprint density at radius 1 is 0.900 bits per heavy atom. The Kier molecular flexibility index (Phi) is 5.35. The van der Waals surface area contributed by atoms with Gasteiger partial charge in [-0.15, -0.1) is 0 Å². The Hall–Kier alpha value is -2.95. The molecule has 4 aromatic rings. The largest absolute Gasteiger partial charge is 0.358 e. The molecule has 3 N–H and O–H groups in total. The maximum Gasteiger partial charge on any atom is 0.143 e. The number of aromatic nitrogens is 2. The summed E-state index contributed by atoms with van der Waals surface area (Å²) >= 11 is 0. The average Bonchev–Trinajstić information content (AvgIpc) is 3.12. The van der Waals surface area contributed by atoms with Gasteiger partial charge in [0.1, 0.15) is 38.8 Å². The van der Waals surface area contributed by atoms with Crippen LogP contribution in [0.1, 0.15) is 28.4 Å². The first-order valence-electron chi connectivity index (χ1n) is 11.0. The average molecular weight is 399 g/mol. The first-order chi connectivity index (χ1) is 14.8. The van der Waals surface area contributed by atoms with E-state index in [1.807, 2.05) is 6.20 Å². The van der Waals surface area contributed by atoms with Crippen molar-refractivity contribution in [3.63, 3.8) is 0 Å². The summed E-state index contributed by atoms with van der Waals surface area (Å²) < 4.78 is 0. The standard InChI is InChI=1S/C26H28N4/c1-20-25(23-11-5-6-12-24(23)28-20)26(22-10-7-13-27-18-22)30-16-14-29(15-17-30)19-21-8-3-2-4-9-21/h2-13,18,26,28H,14-17,19H2,1H3/p+2/t26-/m1/s1. The second-order valence-electron chi connectivity index (χ2n) is 8.50. The molecule has 152 valence electrons. The minimum Gasteiger partial charge on any atom is -0.358 e. The number of hydrogen-bond acceptors (Lipinski definition) is 1. The van der Waals surface area contributed by atoms with E-state index in [0.717, 1.165) is 6.54 Å². The van der Waals surface area contributed by atoms with Crippen molar-refractivity contribution in [3.05, 3.63) is 102 Å². The van der Waals surface area contributed by atoms with Crippen LogP contribution < -0.4 is 9.80 Å². The summed E-state index contributed by atoms with van der Waals surface area (Å²) in [5.74, 6) is 0. The Balaban J connectivity index is 1.43. The number of H-pyrrole nitrogens is 1. The summed E-state index contributed by atoms with van der Waals surface area (Å²) in [6.45, 7) is 8.07. The van der Waals surface area contributed by atoms with Crippen molar-refractivity contribution in [1.82, 2.24) is 9.97 Å². The lowest BCUT2D eigenvalue weighted by molar-refractivity contribution is -1.03. The van der Waals surface area contributed by atoms with Gasteiger partial charge in [-0.3, -0.25) is 4.98 Å². The predicted octanol–water partition coefficient (Wildman–Crippen LogP) is 1.94. The molecule has 4 nitrogen and oxygen atoms in total. The van der Waals surface area contributed by atoms with Crippen molar-refractivity contribution in [3.8, 4) is 0 Å². The van der Waals surface area contributed by atoms with E-state index in [1.54, 1.807) is 9.80 Å². The van der Waals surface area contributed by atoms with Gasteiger partial charge < -0.3 is 14.8 Å². The molecule has 1 aliphatic rings. The van der Waals surface area contributed by atoms with Crippen LogP contribution in [0.5, 0.6) is 0 Å². The second kappa shape index (κ2) is 8.42. The molecule has 2 aromatic heterocycles. The van der Waals surface area contributed by atoms with Gasteiger partial charge in [0.05, 0.1) is 0 Å². The molecule has 0 unspecified atom stereocenters. The zero-order valence-electron chi connectivity index (χ0n) is 17.6. The van der Waals surface area contributed by atoms with E-state index >= 15 is 0 Å². The second-order valence-corrected chi connectivity index (χ2v) is 8.50. The third-order valence-electron chi connectivity index (χ3n) is 6.55. The number of rotatable bonds is 5. The van der Waals surface area contributed by atoms with Crippen LogP contribution in [-0.2, 0) is 6.54 Å². The number of pyridine rings is 1. The molecule has 30 heavy (non-hydrogen) atoms. The number of aryl methyl sites for hydroxylation is 1. The Bertz CT molecular complexity index is 1100. The fourth-order valence-corrected chi connectivity index (χ4v) is 5.10. The van der Waals surface area contributed by atoms with Gasteiger partial charge >= 0.3 is 0 Å². The lowest BCUT2D eigenvalue weighted by atomic mass is 9.95. The molecule has 0 saturated carbocycles. The van der Waals surface area contributed by atoms with Crippen LogP contribution in [0.3, 0.4) is 0 Å². The number of para-hydroxylation sites is 1. The van der Waals surface area contributed by atoms with E-state index in [-0.39, 0.29) is 0 Å². The maximum absolute atomic E-state index is 4.46. The zero-order valence-corrected chi connectivity index (χ0v) is 17.6. The summed E-state index contributed by atoms with van der Waals surface area (Å²) in [7, 11) is 0. The van der Waals surface area contributed by atoms with Crippen LogP contribution in [0.2, 0.25) is 0 Å². The Morgan fingerprint density at radius 3 is 2.43 bits per heavy atom. The molecular weight excluding hydrogens is 368 g/mol. The fourth-order valence-electron chi connectivity index (χ4n) is 5.10. The molecule has 2 aromatic carbocycles. The number of nitrogens with zero attached hydrogens (tertiary/aromatic N) is 1. The van der Waals surface area contributed by atoms with Gasteiger partial charge in [0.2, 0.25) is 0 Å². The molecule has 4 heteroatoms. The minimum absolute atomic E-state index is 0.313. The molecule has 1 saturated heterocycles. The summed E-state index contributed by atoms with van der Waals surface area (Å²) in [5.41, 5.74) is 6.68. The van der Waals surface area contributed by atoms with Crippen molar-refractivity contribution >= 4 is 10.9 Å². The van der Waals surface area contributed by atoms with Crippen LogP contribution in [0.25, 0.3) is 10.9 Å². The number of piperazine rings is 1. The maximum atomic E-state index is 4.46. The van der Waals surface area contributed by atoms with Crippen LogP contribution in [0.15, 0.2) is 79.1 Å². The first-order valence-corrected chi connectivity index (χ1v) is 11.0. The molecule has 1 aliphatic heterocycles. The number of aromatic amines is 1. The highest BCUT2D eigenvalue weighted by Gasteiger charge is 2.34. The summed E-state index contributed by atoms with van der Waals surface area (Å²) in [5, 5.41) is 1.34. The van der Waals surface area contributed by atoms with Gasteiger partial charge in [0.25, 0.3) is 0 Å².